The van der Waals surface area contributed by atoms with Crippen LogP contribution in [0.1, 0.15) is 6.42 Å². The van der Waals surface area contributed by atoms with E-state index >= 15 is 0 Å². The minimum absolute atomic E-state index is 0.00554. The summed E-state index contributed by atoms with van der Waals surface area (Å²) in [7, 11) is -3.98. The fourth-order valence-electron chi connectivity index (χ4n) is 1.23. The Morgan fingerprint density at radius 2 is 2.05 bits per heavy atom. The summed E-state index contributed by atoms with van der Waals surface area (Å²) in [5, 5.41) is 10.0. The maximum absolute atomic E-state index is 11.9. The molecule has 9 heteroatoms. The second-order valence-corrected chi connectivity index (χ2v) is 5.84. The molecule has 0 aliphatic carbocycles. The van der Waals surface area contributed by atoms with Gasteiger partial charge in [0.25, 0.3) is 0 Å². The number of nitro groups is 1. The lowest BCUT2D eigenvalue weighted by atomic mass is 10.3. The summed E-state index contributed by atoms with van der Waals surface area (Å²) in [6.45, 7) is 0.00554. The van der Waals surface area contributed by atoms with Crippen molar-refractivity contribution in [2.75, 3.05) is 6.54 Å². The fraction of sp³-hybridized carbons (Fsp3) is 0.200. The molecule has 1 aromatic carbocycles. The molecule has 0 bridgehead atoms. The van der Waals surface area contributed by atoms with Gasteiger partial charge in [-0.1, -0.05) is 23.2 Å². The predicted molar refractivity (Wildman–Crippen MR) is 71.8 cm³/mol. The van der Waals surface area contributed by atoms with E-state index in [1.165, 1.54) is 0 Å². The minimum Gasteiger partial charge on any atom is -0.258 e. The Morgan fingerprint density at radius 3 is 2.58 bits per heavy atom. The van der Waals surface area contributed by atoms with E-state index in [0.29, 0.717) is 0 Å². The zero-order valence-corrected chi connectivity index (χ0v) is 11.7. The van der Waals surface area contributed by atoms with E-state index in [4.69, 9.17) is 29.6 Å². The minimum atomic E-state index is -3.98. The second-order valence-electron chi connectivity index (χ2n) is 3.32. The summed E-state index contributed by atoms with van der Waals surface area (Å²) in [4.78, 5) is 9.52. The van der Waals surface area contributed by atoms with Gasteiger partial charge in [-0.3, -0.25) is 10.1 Å². The van der Waals surface area contributed by atoms with Gasteiger partial charge in [0.1, 0.15) is 14.9 Å². The number of benzene rings is 1. The lowest BCUT2D eigenvalue weighted by Gasteiger charge is -2.08. The number of hydrogen-bond donors (Lipinski definition) is 1. The Bertz CT molecular complexity index is 652. The van der Waals surface area contributed by atoms with Crippen LogP contribution < -0.4 is 4.72 Å². The zero-order valence-electron chi connectivity index (χ0n) is 9.39. The highest BCUT2D eigenvalue weighted by atomic mass is 35.5. The summed E-state index contributed by atoms with van der Waals surface area (Å²) in [6, 6.07) is 2.19. The van der Waals surface area contributed by atoms with E-state index in [1.807, 2.05) is 0 Å². The standard InChI is InChI=1S/C10H8Cl2N2O4S/c1-2-3-6-13-19(17,18)8-5-4-7(11)10(9(8)12)14(15)16/h1,4-5,13H,3,6H2. The molecule has 1 rings (SSSR count). The van der Waals surface area contributed by atoms with Crippen molar-refractivity contribution in [3.63, 3.8) is 0 Å². The summed E-state index contributed by atoms with van der Waals surface area (Å²) in [5.74, 6) is 2.26. The number of nitrogens with zero attached hydrogens (tertiary/aromatic N) is 1. The molecule has 102 valence electrons. The highest BCUT2D eigenvalue weighted by Crippen LogP contribution is 2.36. The number of terminal acetylenes is 1. The maximum atomic E-state index is 11.9. The molecule has 0 aliphatic heterocycles. The van der Waals surface area contributed by atoms with Gasteiger partial charge >= 0.3 is 5.69 Å². The number of nitrogens with one attached hydrogen (secondary N) is 1. The van der Waals surface area contributed by atoms with E-state index in [1.54, 1.807) is 0 Å². The highest BCUT2D eigenvalue weighted by molar-refractivity contribution is 7.89. The van der Waals surface area contributed by atoms with Crippen molar-refractivity contribution in [1.82, 2.24) is 4.72 Å². The number of nitro benzene ring substituents is 1. The SMILES string of the molecule is C#CCCNS(=O)(=O)c1ccc(Cl)c([N+](=O)[O-])c1Cl. The molecule has 0 unspecified atom stereocenters. The molecule has 0 aromatic heterocycles. The van der Waals surface area contributed by atoms with Crippen LogP contribution in [0.3, 0.4) is 0 Å². The van der Waals surface area contributed by atoms with Crippen molar-refractivity contribution < 1.29 is 13.3 Å². The number of hydrogen-bond acceptors (Lipinski definition) is 4. The predicted octanol–water partition coefficient (Wildman–Crippen LogP) is 2.20. The third-order valence-corrected chi connectivity index (χ3v) is 4.37. The van der Waals surface area contributed by atoms with Gasteiger partial charge in [0.2, 0.25) is 10.0 Å². The lowest BCUT2D eigenvalue weighted by Crippen LogP contribution is -2.25. The topological polar surface area (TPSA) is 89.3 Å². The molecule has 19 heavy (non-hydrogen) atoms. The van der Waals surface area contributed by atoms with Gasteiger partial charge in [-0.2, -0.15) is 0 Å². The highest BCUT2D eigenvalue weighted by Gasteiger charge is 2.27. The molecule has 0 radical (unpaired) electrons. The zero-order chi connectivity index (χ0) is 14.6. The molecule has 1 N–H and O–H groups in total. The van der Waals surface area contributed by atoms with Crippen LogP contribution in [0, 0.1) is 22.5 Å². The third-order valence-electron chi connectivity index (χ3n) is 2.07. The molecule has 0 saturated carbocycles. The molecule has 0 spiro atoms. The quantitative estimate of drug-likeness (QED) is 0.389. The second kappa shape index (κ2) is 6.21. The normalized spacial score (nSPS) is 11.0. The van der Waals surface area contributed by atoms with E-state index in [0.717, 1.165) is 12.1 Å². The lowest BCUT2D eigenvalue weighted by molar-refractivity contribution is -0.384. The molecule has 0 fully saturated rings. The van der Waals surface area contributed by atoms with Crippen LogP contribution in [0.2, 0.25) is 10.0 Å². The number of halogens is 2. The van der Waals surface area contributed by atoms with Crippen molar-refractivity contribution in [1.29, 1.82) is 0 Å². The Balaban J connectivity index is 3.26. The monoisotopic (exact) mass is 322 g/mol. The molecule has 0 atom stereocenters. The Hall–Kier alpha value is -1.33. The summed E-state index contributed by atoms with van der Waals surface area (Å²) in [6.07, 6.45) is 5.18. The van der Waals surface area contributed by atoms with Gasteiger partial charge in [0.15, 0.2) is 0 Å². The van der Waals surface area contributed by atoms with Crippen molar-refractivity contribution >= 4 is 38.9 Å². The van der Waals surface area contributed by atoms with E-state index < -0.39 is 30.6 Å². The molecule has 0 heterocycles. The van der Waals surface area contributed by atoms with Crippen molar-refractivity contribution in [2.45, 2.75) is 11.3 Å². The number of sulfonamides is 1. The smallest absolute Gasteiger partial charge is 0.258 e. The Labute approximate surface area is 119 Å². The van der Waals surface area contributed by atoms with Gasteiger partial charge in [0.05, 0.1) is 4.92 Å². The summed E-state index contributed by atoms with van der Waals surface area (Å²) in [5.41, 5.74) is -0.650. The van der Waals surface area contributed by atoms with Crippen LogP contribution in [0.15, 0.2) is 17.0 Å². The first-order chi connectivity index (χ1) is 8.81. The largest absolute Gasteiger partial charge is 0.307 e. The molecular formula is C10H8Cl2N2O4S. The third kappa shape index (κ3) is 3.58. The molecule has 1 aromatic rings. The summed E-state index contributed by atoms with van der Waals surface area (Å²) >= 11 is 11.3. The van der Waals surface area contributed by atoms with Gasteiger partial charge < -0.3 is 0 Å². The Kier molecular flexibility index (Phi) is 5.14. The van der Waals surface area contributed by atoms with Gasteiger partial charge in [0, 0.05) is 13.0 Å². The first-order valence-corrected chi connectivity index (χ1v) is 7.10. The van der Waals surface area contributed by atoms with Gasteiger partial charge in [-0.25, -0.2) is 13.1 Å². The van der Waals surface area contributed by atoms with Crippen LogP contribution >= 0.6 is 23.2 Å². The molecular weight excluding hydrogens is 315 g/mol. The van der Waals surface area contributed by atoms with Gasteiger partial charge in [-0.15, -0.1) is 12.3 Å². The van der Waals surface area contributed by atoms with Gasteiger partial charge in [-0.05, 0) is 12.1 Å². The first kappa shape index (κ1) is 15.7. The molecule has 0 aliphatic rings. The number of rotatable bonds is 5. The van der Waals surface area contributed by atoms with Crippen molar-refractivity contribution in [3.8, 4) is 12.3 Å². The van der Waals surface area contributed by atoms with Crippen molar-refractivity contribution in [3.05, 3.63) is 32.3 Å². The van der Waals surface area contributed by atoms with E-state index in [2.05, 4.69) is 10.6 Å². The van der Waals surface area contributed by atoms with Crippen molar-refractivity contribution in [2.24, 2.45) is 0 Å². The van der Waals surface area contributed by atoms with Crippen LogP contribution in [0.4, 0.5) is 5.69 Å². The molecule has 6 nitrogen and oxygen atoms in total. The average Bonchev–Trinajstić information content (AvgIpc) is 2.28. The van der Waals surface area contributed by atoms with Crippen LogP contribution in [0.5, 0.6) is 0 Å². The first-order valence-electron chi connectivity index (χ1n) is 4.86. The van der Waals surface area contributed by atoms with Crippen LogP contribution in [-0.4, -0.2) is 19.9 Å². The molecule has 0 amide bonds. The van der Waals surface area contributed by atoms with Crippen LogP contribution in [0.25, 0.3) is 0 Å². The maximum Gasteiger partial charge on any atom is 0.307 e. The fourth-order valence-corrected chi connectivity index (χ4v) is 3.15. The Morgan fingerprint density at radius 1 is 1.42 bits per heavy atom. The van der Waals surface area contributed by atoms with Crippen LogP contribution in [-0.2, 0) is 10.0 Å². The van der Waals surface area contributed by atoms with E-state index in [-0.39, 0.29) is 18.0 Å². The summed E-state index contributed by atoms with van der Waals surface area (Å²) < 4.78 is 26.0. The average molecular weight is 323 g/mol. The molecule has 0 saturated heterocycles. The van der Waals surface area contributed by atoms with E-state index in [9.17, 15) is 18.5 Å².